The molecule has 1 aromatic heterocycles. The third-order valence-electron chi connectivity index (χ3n) is 3.07. The highest BCUT2D eigenvalue weighted by atomic mass is 16.6. The average Bonchev–Trinajstić information content (AvgIpc) is 2.26. The molecular weight excluding hydrogens is 246 g/mol. The Morgan fingerprint density at radius 3 is 2.63 bits per heavy atom. The fourth-order valence-corrected chi connectivity index (χ4v) is 2.09. The first-order chi connectivity index (χ1) is 8.82. The predicted octanol–water partition coefficient (Wildman–Crippen LogP) is 1.86. The Morgan fingerprint density at radius 2 is 2.11 bits per heavy atom. The van der Waals surface area contributed by atoms with E-state index < -0.39 is 0 Å². The van der Waals surface area contributed by atoms with Crippen LogP contribution >= 0.6 is 0 Å². The van der Waals surface area contributed by atoms with Crippen molar-refractivity contribution in [2.45, 2.75) is 52.8 Å². The SMILES string of the molecule is Cc1cnc(CNC(C)CC(C)O)c(C)c1[N+](=O)[O-]. The molecule has 0 aliphatic carbocycles. The van der Waals surface area contributed by atoms with E-state index in [1.54, 1.807) is 20.8 Å². The van der Waals surface area contributed by atoms with Crippen molar-refractivity contribution in [1.82, 2.24) is 10.3 Å². The molecule has 0 saturated carbocycles. The Bertz CT molecular complexity index is 461. The van der Waals surface area contributed by atoms with Gasteiger partial charge in [-0.25, -0.2) is 0 Å². The number of nitrogens with one attached hydrogen (secondary N) is 1. The molecule has 1 heterocycles. The molecule has 106 valence electrons. The molecule has 0 spiro atoms. The number of nitrogens with zero attached hydrogens (tertiary/aromatic N) is 2. The maximum Gasteiger partial charge on any atom is 0.278 e. The Labute approximate surface area is 113 Å². The van der Waals surface area contributed by atoms with Gasteiger partial charge in [0.1, 0.15) is 0 Å². The van der Waals surface area contributed by atoms with Gasteiger partial charge in [0.05, 0.1) is 16.7 Å². The van der Waals surface area contributed by atoms with Gasteiger partial charge in [0, 0.05) is 29.9 Å². The van der Waals surface area contributed by atoms with Crippen molar-refractivity contribution in [3.8, 4) is 0 Å². The molecule has 0 amide bonds. The van der Waals surface area contributed by atoms with Crippen LogP contribution in [0.5, 0.6) is 0 Å². The van der Waals surface area contributed by atoms with Crippen molar-refractivity contribution in [2.24, 2.45) is 0 Å². The van der Waals surface area contributed by atoms with Crippen molar-refractivity contribution in [3.05, 3.63) is 33.1 Å². The first-order valence-corrected chi connectivity index (χ1v) is 6.33. The van der Waals surface area contributed by atoms with Gasteiger partial charge in [-0.15, -0.1) is 0 Å². The number of pyridine rings is 1. The number of aliphatic hydroxyl groups excluding tert-OH is 1. The lowest BCUT2D eigenvalue weighted by atomic mass is 10.1. The number of aromatic nitrogens is 1. The molecule has 0 aliphatic rings. The van der Waals surface area contributed by atoms with E-state index in [1.807, 2.05) is 6.92 Å². The van der Waals surface area contributed by atoms with Crippen molar-refractivity contribution in [3.63, 3.8) is 0 Å². The number of nitro groups is 1. The summed E-state index contributed by atoms with van der Waals surface area (Å²) in [7, 11) is 0. The fourth-order valence-electron chi connectivity index (χ4n) is 2.09. The summed E-state index contributed by atoms with van der Waals surface area (Å²) in [5, 5.41) is 23.5. The molecule has 1 aromatic rings. The largest absolute Gasteiger partial charge is 0.393 e. The maximum atomic E-state index is 11.0. The third kappa shape index (κ3) is 4.25. The average molecular weight is 267 g/mol. The van der Waals surface area contributed by atoms with Crippen molar-refractivity contribution in [2.75, 3.05) is 0 Å². The third-order valence-corrected chi connectivity index (χ3v) is 3.07. The van der Waals surface area contributed by atoms with Crippen LogP contribution in [0, 0.1) is 24.0 Å². The monoisotopic (exact) mass is 267 g/mol. The highest BCUT2D eigenvalue weighted by molar-refractivity contribution is 5.47. The number of aryl methyl sites for hydroxylation is 1. The zero-order valence-electron chi connectivity index (χ0n) is 11.8. The van der Waals surface area contributed by atoms with Crippen LogP contribution in [0.1, 0.15) is 37.1 Å². The molecule has 0 bridgehead atoms. The van der Waals surface area contributed by atoms with E-state index in [2.05, 4.69) is 10.3 Å². The topological polar surface area (TPSA) is 88.3 Å². The maximum absolute atomic E-state index is 11.0. The Balaban J connectivity index is 2.80. The van der Waals surface area contributed by atoms with Gasteiger partial charge in [0.15, 0.2) is 0 Å². The van der Waals surface area contributed by atoms with Gasteiger partial charge in [-0.05, 0) is 34.1 Å². The summed E-state index contributed by atoms with van der Waals surface area (Å²) in [6, 6.07) is 0.126. The van der Waals surface area contributed by atoms with E-state index in [-0.39, 0.29) is 22.8 Å². The molecule has 6 heteroatoms. The quantitative estimate of drug-likeness (QED) is 0.606. The molecule has 2 unspecified atom stereocenters. The van der Waals surface area contributed by atoms with E-state index in [4.69, 9.17) is 0 Å². The predicted molar refractivity (Wildman–Crippen MR) is 73.0 cm³/mol. The van der Waals surface area contributed by atoms with Crippen LogP contribution in [-0.4, -0.2) is 27.2 Å². The van der Waals surface area contributed by atoms with Gasteiger partial charge in [-0.2, -0.15) is 0 Å². The Hall–Kier alpha value is -1.53. The molecular formula is C13H21N3O3. The smallest absolute Gasteiger partial charge is 0.278 e. The molecule has 0 aromatic carbocycles. The van der Waals surface area contributed by atoms with Crippen LogP contribution < -0.4 is 5.32 Å². The molecule has 0 aliphatic heterocycles. The van der Waals surface area contributed by atoms with Crippen LogP contribution in [0.2, 0.25) is 0 Å². The van der Waals surface area contributed by atoms with E-state index in [0.717, 1.165) is 0 Å². The number of aliphatic hydroxyl groups is 1. The van der Waals surface area contributed by atoms with Gasteiger partial charge in [-0.1, -0.05) is 0 Å². The van der Waals surface area contributed by atoms with Crippen LogP contribution in [0.3, 0.4) is 0 Å². The highest BCUT2D eigenvalue weighted by Gasteiger charge is 2.18. The van der Waals surface area contributed by atoms with E-state index in [0.29, 0.717) is 29.8 Å². The molecule has 2 atom stereocenters. The summed E-state index contributed by atoms with van der Waals surface area (Å²) in [5.74, 6) is 0. The highest BCUT2D eigenvalue weighted by Crippen LogP contribution is 2.23. The van der Waals surface area contributed by atoms with Gasteiger partial charge >= 0.3 is 0 Å². The summed E-state index contributed by atoms with van der Waals surface area (Å²) in [6.45, 7) is 7.56. The molecule has 0 radical (unpaired) electrons. The second-order valence-corrected chi connectivity index (χ2v) is 4.99. The minimum absolute atomic E-state index is 0.126. The molecule has 19 heavy (non-hydrogen) atoms. The summed E-state index contributed by atoms with van der Waals surface area (Å²) in [4.78, 5) is 14.9. The standard InChI is InChI=1S/C13H21N3O3/c1-8-6-15-12(11(4)13(8)16(18)19)7-14-9(2)5-10(3)17/h6,9-10,14,17H,5,7H2,1-4H3. The zero-order chi connectivity index (χ0) is 14.6. The minimum atomic E-state index is -0.371. The molecule has 6 nitrogen and oxygen atoms in total. The van der Waals surface area contributed by atoms with Crippen LogP contribution in [0.25, 0.3) is 0 Å². The van der Waals surface area contributed by atoms with E-state index in [9.17, 15) is 15.2 Å². The Kier molecular flexibility index (Phi) is 5.38. The lowest BCUT2D eigenvalue weighted by Gasteiger charge is -2.16. The number of rotatable bonds is 6. The summed E-state index contributed by atoms with van der Waals surface area (Å²) in [5.41, 5.74) is 1.98. The normalized spacial score (nSPS) is 14.2. The number of hydrogen-bond donors (Lipinski definition) is 2. The fraction of sp³-hybridized carbons (Fsp3) is 0.615. The molecule has 2 N–H and O–H groups in total. The first-order valence-electron chi connectivity index (χ1n) is 6.33. The van der Waals surface area contributed by atoms with Crippen molar-refractivity contribution < 1.29 is 10.0 Å². The lowest BCUT2D eigenvalue weighted by Crippen LogP contribution is -2.29. The van der Waals surface area contributed by atoms with E-state index >= 15 is 0 Å². The van der Waals surface area contributed by atoms with Crippen molar-refractivity contribution in [1.29, 1.82) is 0 Å². The van der Waals surface area contributed by atoms with E-state index in [1.165, 1.54) is 6.20 Å². The summed E-state index contributed by atoms with van der Waals surface area (Å²) in [6.07, 6.45) is 1.79. The number of hydrogen-bond acceptors (Lipinski definition) is 5. The molecule has 0 fully saturated rings. The zero-order valence-corrected chi connectivity index (χ0v) is 11.8. The molecule has 1 rings (SSSR count). The van der Waals surface area contributed by atoms with Gasteiger partial charge in [0.2, 0.25) is 0 Å². The minimum Gasteiger partial charge on any atom is -0.393 e. The summed E-state index contributed by atoms with van der Waals surface area (Å²) >= 11 is 0. The Morgan fingerprint density at radius 1 is 1.47 bits per heavy atom. The first kappa shape index (κ1) is 15.5. The second kappa shape index (κ2) is 6.58. The van der Waals surface area contributed by atoms with Gasteiger partial charge in [0.25, 0.3) is 5.69 Å². The lowest BCUT2D eigenvalue weighted by molar-refractivity contribution is -0.386. The van der Waals surface area contributed by atoms with Crippen LogP contribution in [0.4, 0.5) is 5.69 Å². The van der Waals surface area contributed by atoms with Crippen LogP contribution in [0.15, 0.2) is 6.20 Å². The summed E-state index contributed by atoms with van der Waals surface area (Å²) < 4.78 is 0. The van der Waals surface area contributed by atoms with Gasteiger partial charge in [-0.3, -0.25) is 15.1 Å². The molecule has 0 saturated heterocycles. The van der Waals surface area contributed by atoms with Crippen molar-refractivity contribution >= 4 is 5.69 Å². The second-order valence-electron chi connectivity index (χ2n) is 4.99. The van der Waals surface area contributed by atoms with Crippen LogP contribution in [-0.2, 0) is 6.54 Å². The van der Waals surface area contributed by atoms with Gasteiger partial charge < -0.3 is 10.4 Å².